The minimum Gasteiger partial charge on any atom is -0.508 e. The molecule has 0 radical (unpaired) electrons. The van der Waals surface area contributed by atoms with Gasteiger partial charge in [0.05, 0.1) is 12.6 Å². The number of benzene rings is 1. The minimum absolute atomic E-state index is 0.210. The van der Waals surface area contributed by atoms with Crippen LogP contribution < -0.4 is 0 Å². The van der Waals surface area contributed by atoms with Gasteiger partial charge >= 0.3 is 0 Å². The number of phenolic OH excluding ortho intramolecular Hbond substituents is 1. The number of rotatable bonds is 7. The fraction of sp³-hybridized carbons (Fsp3) is 0.316. The van der Waals surface area contributed by atoms with Crippen molar-refractivity contribution in [1.29, 1.82) is 0 Å². The molecule has 0 saturated heterocycles. The maximum absolute atomic E-state index is 10.0. The molecule has 1 unspecified atom stereocenters. The van der Waals surface area contributed by atoms with Gasteiger partial charge in [-0.1, -0.05) is 13.0 Å². The van der Waals surface area contributed by atoms with Crippen molar-refractivity contribution < 1.29 is 10.2 Å². The number of hydrogen-bond acceptors (Lipinski definition) is 5. The Kier molecular flexibility index (Phi) is 5.40. The quantitative estimate of drug-likeness (QED) is 0.692. The number of aliphatic hydroxyl groups is 1. The van der Waals surface area contributed by atoms with E-state index < -0.39 is 6.10 Å². The second-order valence-corrected chi connectivity index (χ2v) is 6.00. The number of aliphatic hydroxyl groups excluding tert-OH is 1. The van der Waals surface area contributed by atoms with Crippen LogP contribution in [0.15, 0.2) is 48.8 Å². The van der Waals surface area contributed by atoms with Gasteiger partial charge < -0.3 is 10.2 Å². The van der Waals surface area contributed by atoms with Gasteiger partial charge in [-0.3, -0.25) is 4.98 Å². The Morgan fingerprint density at radius 1 is 1.12 bits per heavy atom. The fourth-order valence-electron chi connectivity index (χ4n) is 2.57. The van der Waals surface area contributed by atoms with Crippen LogP contribution in [0.4, 0.5) is 0 Å². The Labute approximate surface area is 146 Å². The third-order valence-corrected chi connectivity index (χ3v) is 4.09. The second kappa shape index (κ2) is 7.90. The Morgan fingerprint density at radius 3 is 2.60 bits per heavy atom. The van der Waals surface area contributed by atoms with Crippen molar-refractivity contribution >= 4 is 0 Å². The molecular weight excluding hydrogens is 316 g/mol. The molecule has 1 atom stereocenters. The first kappa shape index (κ1) is 17.1. The summed E-state index contributed by atoms with van der Waals surface area (Å²) in [4.78, 5) is 8.79. The SMILES string of the molecule is CCC(O)Cn1nc(-c2ccc(O)cc2)nc1CCc1cccnc1. The van der Waals surface area contributed by atoms with Gasteiger partial charge in [-0.2, -0.15) is 5.10 Å². The van der Waals surface area contributed by atoms with Crippen molar-refractivity contribution in [2.45, 2.75) is 38.8 Å². The average molecular weight is 338 g/mol. The minimum atomic E-state index is -0.452. The second-order valence-electron chi connectivity index (χ2n) is 6.00. The molecule has 0 aliphatic rings. The first-order chi connectivity index (χ1) is 12.2. The predicted molar refractivity (Wildman–Crippen MR) is 95.1 cm³/mol. The zero-order chi connectivity index (χ0) is 17.6. The summed E-state index contributed by atoms with van der Waals surface area (Å²) in [6.45, 7) is 2.36. The van der Waals surface area contributed by atoms with Crippen molar-refractivity contribution in [2.24, 2.45) is 0 Å². The Morgan fingerprint density at radius 2 is 1.92 bits per heavy atom. The summed E-state index contributed by atoms with van der Waals surface area (Å²) in [5, 5.41) is 24.0. The van der Waals surface area contributed by atoms with E-state index in [-0.39, 0.29) is 5.75 Å². The molecule has 2 heterocycles. The number of aromatic nitrogens is 4. The van der Waals surface area contributed by atoms with Crippen LogP contribution in [-0.2, 0) is 19.4 Å². The van der Waals surface area contributed by atoms with Gasteiger partial charge in [-0.15, -0.1) is 0 Å². The molecule has 0 fully saturated rings. The lowest BCUT2D eigenvalue weighted by molar-refractivity contribution is 0.144. The van der Waals surface area contributed by atoms with Gasteiger partial charge in [0.1, 0.15) is 11.6 Å². The summed E-state index contributed by atoms with van der Waals surface area (Å²) in [7, 11) is 0. The number of phenols is 1. The first-order valence-electron chi connectivity index (χ1n) is 8.45. The Hall–Kier alpha value is -2.73. The molecule has 0 aliphatic heterocycles. The molecule has 0 spiro atoms. The fourth-order valence-corrected chi connectivity index (χ4v) is 2.57. The predicted octanol–water partition coefficient (Wildman–Crippen LogP) is 2.60. The number of hydrogen-bond donors (Lipinski definition) is 2. The number of aromatic hydroxyl groups is 1. The third-order valence-electron chi connectivity index (χ3n) is 4.09. The Bertz CT molecular complexity index is 800. The van der Waals surface area contributed by atoms with E-state index >= 15 is 0 Å². The van der Waals surface area contributed by atoms with Crippen molar-refractivity contribution in [2.75, 3.05) is 0 Å². The molecule has 3 aromatic rings. The van der Waals surface area contributed by atoms with Gasteiger partial charge in [0.15, 0.2) is 5.82 Å². The zero-order valence-electron chi connectivity index (χ0n) is 14.2. The highest BCUT2D eigenvalue weighted by molar-refractivity contribution is 5.55. The highest BCUT2D eigenvalue weighted by Gasteiger charge is 2.14. The van der Waals surface area contributed by atoms with Crippen LogP contribution in [0.25, 0.3) is 11.4 Å². The first-order valence-corrected chi connectivity index (χ1v) is 8.45. The van der Waals surface area contributed by atoms with Gasteiger partial charge in [0.25, 0.3) is 0 Å². The molecule has 0 saturated carbocycles. The van der Waals surface area contributed by atoms with Crippen LogP contribution in [0, 0.1) is 0 Å². The number of pyridine rings is 1. The summed E-state index contributed by atoms with van der Waals surface area (Å²) in [6.07, 6.45) is 5.34. The van der Waals surface area contributed by atoms with Crippen molar-refractivity contribution in [3.05, 3.63) is 60.2 Å². The molecule has 6 heteroatoms. The molecule has 25 heavy (non-hydrogen) atoms. The van der Waals surface area contributed by atoms with E-state index in [4.69, 9.17) is 0 Å². The summed E-state index contributed by atoms with van der Waals surface area (Å²) in [6, 6.07) is 10.8. The normalized spacial score (nSPS) is 12.2. The monoisotopic (exact) mass is 338 g/mol. The topological polar surface area (TPSA) is 84.1 Å². The van der Waals surface area contributed by atoms with Crippen LogP contribution >= 0.6 is 0 Å². The summed E-state index contributed by atoms with van der Waals surface area (Å²) < 4.78 is 1.78. The molecular formula is C19H22N4O2. The number of nitrogens with zero attached hydrogens (tertiary/aromatic N) is 4. The van der Waals surface area contributed by atoms with Gasteiger partial charge in [0, 0.05) is 24.4 Å². The highest BCUT2D eigenvalue weighted by Crippen LogP contribution is 2.20. The lowest BCUT2D eigenvalue weighted by Crippen LogP contribution is -2.18. The molecule has 3 rings (SSSR count). The molecule has 130 valence electrons. The number of aryl methyl sites for hydroxylation is 2. The Balaban J connectivity index is 1.84. The molecule has 0 aliphatic carbocycles. The van der Waals surface area contributed by atoms with Gasteiger partial charge in [-0.25, -0.2) is 9.67 Å². The largest absolute Gasteiger partial charge is 0.508 e. The van der Waals surface area contributed by atoms with E-state index in [9.17, 15) is 10.2 Å². The molecule has 0 bridgehead atoms. The third kappa shape index (κ3) is 4.42. The maximum Gasteiger partial charge on any atom is 0.181 e. The van der Waals surface area contributed by atoms with E-state index in [1.165, 1.54) is 0 Å². The van der Waals surface area contributed by atoms with Gasteiger partial charge in [-0.05, 0) is 48.7 Å². The molecule has 1 aromatic carbocycles. The zero-order valence-corrected chi connectivity index (χ0v) is 14.2. The molecule has 6 nitrogen and oxygen atoms in total. The van der Waals surface area contributed by atoms with Crippen molar-refractivity contribution in [1.82, 2.24) is 19.7 Å². The van der Waals surface area contributed by atoms with E-state index in [1.54, 1.807) is 35.1 Å². The van der Waals surface area contributed by atoms with E-state index in [1.807, 2.05) is 25.3 Å². The highest BCUT2D eigenvalue weighted by atomic mass is 16.3. The average Bonchev–Trinajstić information content (AvgIpc) is 3.04. The molecule has 0 amide bonds. The van der Waals surface area contributed by atoms with Crippen LogP contribution in [0.3, 0.4) is 0 Å². The lowest BCUT2D eigenvalue weighted by atomic mass is 10.1. The van der Waals surface area contributed by atoms with Crippen LogP contribution in [0.1, 0.15) is 24.7 Å². The van der Waals surface area contributed by atoms with Crippen LogP contribution in [0.5, 0.6) is 5.75 Å². The van der Waals surface area contributed by atoms with E-state index in [0.29, 0.717) is 25.2 Å². The van der Waals surface area contributed by atoms with E-state index in [0.717, 1.165) is 23.4 Å². The van der Waals surface area contributed by atoms with E-state index in [2.05, 4.69) is 15.1 Å². The lowest BCUT2D eigenvalue weighted by Gasteiger charge is -2.10. The molecule has 2 N–H and O–H groups in total. The summed E-state index contributed by atoms with van der Waals surface area (Å²) in [5.41, 5.74) is 1.98. The van der Waals surface area contributed by atoms with Gasteiger partial charge in [0.2, 0.25) is 0 Å². The maximum atomic E-state index is 10.0. The van der Waals surface area contributed by atoms with Crippen molar-refractivity contribution in [3.8, 4) is 17.1 Å². The van der Waals surface area contributed by atoms with Crippen molar-refractivity contribution in [3.63, 3.8) is 0 Å². The van der Waals surface area contributed by atoms with Crippen LogP contribution in [0.2, 0.25) is 0 Å². The van der Waals surface area contributed by atoms with Crippen LogP contribution in [-0.4, -0.2) is 36.1 Å². The molecule has 2 aromatic heterocycles. The standard InChI is InChI=1S/C19H22N4O2/c1-2-16(24)13-23-18(10-5-14-4-3-11-20-12-14)21-19(22-23)15-6-8-17(25)9-7-15/h3-4,6-9,11-12,16,24-25H,2,5,10,13H2,1H3. The summed E-state index contributed by atoms with van der Waals surface area (Å²) in [5.74, 6) is 1.64. The summed E-state index contributed by atoms with van der Waals surface area (Å²) >= 11 is 0. The smallest absolute Gasteiger partial charge is 0.181 e.